The standard InChI is InChI=1S/C42H38N4O9/c1-24(47)9-12-40(48)55-29-11-10-26-16-28-23-44-33-21-39(37(52-3)19-31(33)42(50)46(28)35(26)17-29)54-14-6-13-53-38-20-32-30(18-36(38)51-2)41(49)45-27(22-43-32)15-25-7-4-5-8-34(25)45/h4-5,7-8,10-11,17-23,27-28H,6,9,12-16H2,1-3H3/t27-,28-/m0/s1. The number of hydrogen-bond donors (Lipinski definition) is 0. The molecule has 0 N–H and O–H groups in total. The summed E-state index contributed by atoms with van der Waals surface area (Å²) in [6.45, 7) is 1.97. The molecule has 8 rings (SSSR count). The average molecular weight is 743 g/mol. The molecule has 2 atom stereocenters. The summed E-state index contributed by atoms with van der Waals surface area (Å²) in [5.74, 6) is 0.944. The van der Waals surface area contributed by atoms with Crippen molar-refractivity contribution in [3.05, 3.63) is 89.0 Å². The lowest BCUT2D eigenvalue weighted by Crippen LogP contribution is -2.37. The normalized spacial score (nSPS) is 17.2. The van der Waals surface area contributed by atoms with Crippen molar-refractivity contribution in [1.29, 1.82) is 0 Å². The number of rotatable bonds is 12. The van der Waals surface area contributed by atoms with Gasteiger partial charge in [-0.25, -0.2) is 0 Å². The molecule has 2 amide bonds. The van der Waals surface area contributed by atoms with Crippen molar-refractivity contribution in [1.82, 2.24) is 0 Å². The molecule has 4 aromatic carbocycles. The van der Waals surface area contributed by atoms with E-state index in [1.165, 1.54) is 21.1 Å². The predicted octanol–water partition coefficient (Wildman–Crippen LogP) is 6.40. The number of amides is 2. The lowest BCUT2D eigenvalue weighted by Gasteiger charge is -2.22. The third-order valence-corrected chi connectivity index (χ3v) is 10.0. The summed E-state index contributed by atoms with van der Waals surface area (Å²) >= 11 is 0. The molecule has 0 spiro atoms. The van der Waals surface area contributed by atoms with Crippen molar-refractivity contribution in [2.75, 3.05) is 37.2 Å². The summed E-state index contributed by atoms with van der Waals surface area (Å²) in [6, 6.07) is 19.3. The molecule has 0 aliphatic carbocycles. The maximum atomic E-state index is 14.0. The van der Waals surface area contributed by atoms with Gasteiger partial charge in [-0.15, -0.1) is 0 Å². The van der Waals surface area contributed by atoms with Crippen molar-refractivity contribution in [2.45, 2.75) is 51.1 Å². The van der Waals surface area contributed by atoms with E-state index in [4.69, 9.17) is 23.7 Å². The number of ether oxygens (including phenoxy) is 5. The third-order valence-electron chi connectivity index (χ3n) is 10.0. The van der Waals surface area contributed by atoms with Crippen molar-refractivity contribution in [3.8, 4) is 28.7 Å². The smallest absolute Gasteiger partial charge is 0.311 e. The molecular weight excluding hydrogens is 704 g/mol. The Morgan fingerprint density at radius 1 is 0.691 bits per heavy atom. The number of benzene rings is 4. The summed E-state index contributed by atoms with van der Waals surface area (Å²) in [5, 5.41) is 0. The molecule has 4 heterocycles. The van der Waals surface area contributed by atoms with E-state index in [1.54, 1.807) is 52.4 Å². The van der Waals surface area contributed by atoms with Gasteiger partial charge >= 0.3 is 5.97 Å². The lowest BCUT2D eigenvalue weighted by atomic mass is 10.1. The van der Waals surface area contributed by atoms with Gasteiger partial charge in [-0.1, -0.05) is 24.3 Å². The van der Waals surface area contributed by atoms with Gasteiger partial charge in [0.2, 0.25) is 0 Å². The van der Waals surface area contributed by atoms with Gasteiger partial charge < -0.3 is 28.5 Å². The molecule has 0 unspecified atom stereocenters. The Labute approximate surface area is 317 Å². The summed E-state index contributed by atoms with van der Waals surface area (Å²) in [4.78, 5) is 64.1. The van der Waals surface area contributed by atoms with Crippen LogP contribution in [0, 0.1) is 0 Å². The SMILES string of the molecule is COc1cc2c(cc1OCCCOc1cc3c(cc1OC)C(=O)N1c4cc(OC(=O)CCC(C)=O)ccc4C[C@H]1C=N3)N=C[C@@H]1Cc3ccccc3N1C2=O. The van der Waals surface area contributed by atoms with E-state index in [1.807, 2.05) is 36.5 Å². The Morgan fingerprint density at radius 3 is 1.84 bits per heavy atom. The van der Waals surface area contributed by atoms with Gasteiger partial charge in [0, 0.05) is 62.0 Å². The molecule has 4 aromatic rings. The van der Waals surface area contributed by atoms with Crippen LogP contribution in [0.4, 0.5) is 22.7 Å². The summed E-state index contributed by atoms with van der Waals surface area (Å²) < 4.78 is 29.0. The monoisotopic (exact) mass is 742 g/mol. The highest BCUT2D eigenvalue weighted by atomic mass is 16.5. The molecule has 0 radical (unpaired) electrons. The zero-order valence-electron chi connectivity index (χ0n) is 30.6. The van der Waals surface area contributed by atoms with E-state index in [0.29, 0.717) is 76.2 Å². The highest BCUT2D eigenvalue weighted by molar-refractivity contribution is 6.16. The molecule has 0 bridgehead atoms. The average Bonchev–Trinajstić information content (AvgIpc) is 3.67. The van der Waals surface area contributed by atoms with Crippen molar-refractivity contribution < 1.29 is 42.9 Å². The van der Waals surface area contributed by atoms with Crippen LogP contribution in [0.25, 0.3) is 0 Å². The molecule has 0 saturated heterocycles. The van der Waals surface area contributed by atoms with Crippen LogP contribution < -0.4 is 33.5 Å². The minimum atomic E-state index is -0.518. The summed E-state index contributed by atoms with van der Waals surface area (Å²) in [5.41, 5.74) is 5.28. The highest BCUT2D eigenvalue weighted by Crippen LogP contribution is 2.43. The maximum absolute atomic E-state index is 14.0. The molecule has 280 valence electrons. The van der Waals surface area contributed by atoms with E-state index in [-0.39, 0.29) is 55.7 Å². The number of methoxy groups -OCH3 is 2. The molecule has 13 heteroatoms. The van der Waals surface area contributed by atoms with Crippen LogP contribution in [0.2, 0.25) is 0 Å². The number of carbonyl (C=O) groups excluding carboxylic acids is 4. The topological polar surface area (TPSA) is 146 Å². The fourth-order valence-corrected chi connectivity index (χ4v) is 7.35. The van der Waals surface area contributed by atoms with E-state index in [9.17, 15) is 19.2 Å². The third kappa shape index (κ3) is 6.77. The fourth-order valence-electron chi connectivity index (χ4n) is 7.35. The Kier molecular flexibility index (Phi) is 9.51. The number of anilines is 2. The summed E-state index contributed by atoms with van der Waals surface area (Å²) in [7, 11) is 3.04. The molecule has 55 heavy (non-hydrogen) atoms. The molecular formula is C42H38N4O9. The Balaban J connectivity index is 0.924. The second-order valence-corrected chi connectivity index (χ2v) is 13.6. The van der Waals surface area contributed by atoms with Crippen LogP contribution >= 0.6 is 0 Å². The molecule has 0 saturated carbocycles. The van der Waals surface area contributed by atoms with Crippen LogP contribution in [0.1, 0.15) is 58.0 Å². The molecule has 4 aliphatic heterocycles. The number of aliphatic imine (C=N–C) groups is 2. The second kappa shape index (κ2) is 14.7. The lowest BCUT2D eigenvalue weighted by molar-refractivity contribution is -0.135. The number of Topliss-reactive ketones (excluding diaryl/α,β-unsaturated/α-hetero) is 1. The highest BCUT2D eigenvalue weighted by Gasteiger charge is 2.38. The number of fused-ring (bicyclic) bond motifs is 8. The largest absolute Gasteiger partial charge is 0.493 e. The van der Waals surface area contributed by atoms with E-state index in [0.717, 1.165) is 16.8 Å². The van der Waals surface area contributed by atoms with Crippen LogP contribution in [-0.4, -0.2) is 75.5 Å². The first-order valence-electron chi connectivity index (χ1n) is 18.1. The van der Waals surface area contributed by atoms with Gasteiger partial charge in [-0.05, 0) is 42.3 Å². The minimum Gasteiger partial charge on any atom is -0.493 e. The van der Waals surface area contributed by atoms with Crippen LogP contribution in [0.5, 0.6) is 28.7 Å². The van der Waals surface area contributed by atoms with Gasteiger partial charge in [-0.2, -0.15) is 0 Å². The van der Waals surface area contributed by atoms with Gasteiger partial charge in [-0.3, -0.25) is 34.2 Å². The van der Waals surface area contributed by atoms with E-state index in [2.05, 4.69) is 9.98 Å². The van der Waals surface area contributed by atoms with E-state index >= 15 is 0 Å². The van der Waals surface area contributed by atoms with Gasteiger partial charge in [0.15, 0.2) is 23.0 Å². The van der Waals surface area contributed by atoms with Crippen molar-refractivity contribution >= 4 is 58.7 Å². The first-order valence-corrected chi connectivity index (χ1v) is 18.1. The number of ketones is 1. The summed E-state index contributed by atoms with van der Waals surface area (Å²) in [6.07, 6.45) is 5.38. The molecule has 0 aromatic heterocycles. The predicted molar refractivity (Wildman–Crippen MR) is 205 cm³/mol. The molecule has 4 aliphatic rings. The van der Waals surface area contributed by atoms with Gasteiger partial charge in [0.25, 0.3) is 11.8 Å². The van der Waals surface area contributed by atoms with Crippen LogP contribution in [0.15, 0.2) is 76.7 Å². The van der Waals surface area contributed by atoms with Crippen molar-refractivity contribution in [3.63, 3.8) is 0 Å². The number of esters is 1. The van der Waals surface area contributed by atoms with Crippen LogP contribution in [0.3, 0.4) is 0 Å². The number of carbonyl (C=O) groups is 4. The Bertz CT molecular complexity index is 2300. The zero-order valence-corrected chi connectivity index (χ0v) is 30.6. The zero-order chi connectivity index (χ0) is 38.2. The number of para-hydroxylation sites is 1. The van der Waals surface area contributed by atoms with Crippen molar-refractivity contribution in [2.24, 2.45) is 9.98 Å². The van der Waals surface area contributed by atoms with Gasteiger partial charge in [0.05, 0.1) is 74.1 Å². The Hall–Kier alpha value is -6.50. The molecule has 0 fully saturated rings. The van der Waals surface area contributed by atoms with E-state index < -0.39 is 5.97 Å². The second-order valence-electron chi connectivity index (χ2n) is 13.6. The van der Waals surface area contributed by atoms with Crippen LogP contribution in [-0.2, 0) is 22.4 Å². The first kappa shape index (κ1) is 35.5. The fraction of sp³-hybridized carbons (Fsp3) is 0.286. The maximum Gasteiger partial charge on any atom is 0.311 e. The number of nitrogens with zero attached hydrogens (tertiary/aromatic N) is 4. The van der Waals surface area contributed by atoms with Gasteiger partial charge in [0.1, 0.15) is 11.5 Å². The Morgan fingerprint density at radius 2 is 1.25 bits per heavy atom. The quantitative estimate of drug-likeness (QED) is 0.0915. The number of hydrogen-bond acceptors (Lipinski definition) is 11. The molecule has 13 nitrogen and oxygen atoms in total. The minimum absolute atomic E-state index is 0.0210. The first-order chi connectivity index (χ1) is 26.7.